The van der Waals surface area contributed by atoms with Crippen LogP contribution in [0.15, 0.2) is 34.9 Å². The smallest absolute Gasteiger partial charge is 0.226 e. The molecule has 4 nitrogen and oxygen atoms in total. The zero-order valence-electron chi connectivity index (χ0n) is 9.26. The third-order valence-electron chi connectivity index (χ3n) is 2.38. The zero-order valence-corrected chi connectivity index (χ0v) is 9.26. The fourth-order valence-electron chi connectivity index (χ4n) is 1.52. The lowest BCUT2D eigenvalue weighted by Gasteiger charge is -2.05. The number of aromatic nitrogens is 2. The topological polar surface area (TPSA) is 64.9 Å². The highest BCUT2D eigenvalue weighted by Crippen LogP contribution is 2.16. The van der Waals surface area contributed by atoms with Crippen molar-refractivity contribution in [1.82, 2.24) is 10.1 Å². The van der Waals surface area contributed by atoms with E-state index in [9.17, 15) is 0 Å². The highest BCUT2D eigenvalue weighted by Gasteiger charge is 2.15. The van der Waals surface area contributed by atoms with Crippen LogP contribution in [0.5, 0.6) is 0 Å². The van der Waals surface area contributed by atoms with Crippen molar-refractivity contribution < 1.29 is 4.52 Å². The summed E-state index contributed by atoms with van der Waals surface area (Å²) in [5.41, 5.74) is 7.03. The number of aryl methyl sites for hydroxylation is 1. The number of benzene rings is 1. The van der Waals surface area contributed by atoms with Crippen LogP contribution in [0.1, 0.15) is 36.7 Å². The third kappa shape index (κ3) is 2.28. The Morgan fingerprint density at radius 2 is 2.06 bits per heavy atom. The number of nitrogens with two attached hydrogens (primary N) is 1. The molecular weight excluding hydrogens is 202 g/mol. The average molecular weight is 217 g/mol. The Kier molecular flexibility index (Phi) is 3.31. The van der Waals surface area contributed by atoms with E-state index in [2.05, 4.69) is 17.1 Å². The minimum absolute atomic E-state index is 0.310. The second-order valence-electron chi connectivity index (χ2n) is 3.68. The van der Waals surface area contributed by atoms with Crippen molar-refractivity contribution in [1.29, 1.82) is 0 Å². The average Bonchev–Trinajstić information content (AvgIpc) is 2.78. The molecule has 0 saturated heterocycles. The SMILES string of the molecule is CCCc1nc([C@H](N)c2ccccc2)no1. The molecule has 4 heteroatoms. The molecule has 1 heterocycles. The van der Waals surface area contributed by atoms with Gasteiger partial charge in [0.05, 0.1) is 6.04 Å². The van der Waals surface area contributed by atoms with Crippen LogP contribution in [-0.4, -0.2) is 10.1 Å². The van der Waals surface area contributed by atoms with Gasteiger partial charge in [-0.25, -0.2) is 0 Å². The van der Waals surface area contributed by atoms with E-state index in [4.69, 9.17) is 10.3 Å². The molecular formula is C12H15N3O. The van der Waals surface area contributed by atoms with Crippen LogP contribution in [0.2, 0.25) is 0 Å². The number of hydrogen-bond donors (Lipinski definition) is 1. The van der Waals surface area contributed by atoms with E-state index in [0.717, 1.165) is 18.4 Å². The van der Waals surface area contributed by atoms with Crippen LogP contribution in [-0.2, 0) is 6.42 Å². The highest BCUT2D eigenvalue weighted by molar-refractivity contribution is 5.23. The molecule has 84 valence electrons. The van der Waals surface area contributed by atoms with Gasteiger partial charge in [0.1, 0.15) is 0 Å². The summed E-state index contributed by atoms with van der Waals surface area (Å²) in [6.45, 7) is 2.07. The molecule has 0 fully saturated rings. The lowest BCUT2D eigenvalue weighted by Crippen LogP contribution is -2.13. The third-order valence-corrected chi connectivity index (χ3v) is 2.38. The van der Waals surface area contributed by atoms with Crippen LogP contribution in [0, 0.1) is 0 Å². The van der Waals surface area contributed by atoms with Crippen LogP contribution < -0.4 is 5.73 Å². The summed E-state index contributed by atoms with van der Waals surface area (Å²) in [6, 6.07) is 9.45. The Labute approximate surface area is 94.5 Å². The molecule has 2 rings (SSSR count). The van der Waals surface area contributed by atoms with Crippen LogP contribution in [0.4, 0.5) is 0 Å². The maximum Gasteiger partial charge on any atom is 0.226 e. The fraction of sp³-hybridized carbons (Fsp3) is 0.333. The van der Waals surface area contributed by atoms with Crippen molar-refractivity contribution >= 4 is 0 Å². The van der Waals surface area contributed by atoms with Crippen molar-refractivity contribution in [3.8, 4) is 0 Å². The fourth-order valence-corrected chi connectivity index (χ4v) is 1.52. The van der Waals surface area contributed by atoms with Crippen molar-refractivity contribution in [2.75, 3.05) is 0 Å². The summed E-state index contributed by atoms with van der Waals surface area (Å²) < 4.78 is 5.11. The van der Waals surface area contributed by atoms with E-state index in [1.807, 2.05) is 30.3 Å². The van der Waals surface area contributed by atoms with Crippen molar-refractivity contribution in [2.45, 2.75) is 25.8 Å². The Morgan fingerprint density at radius 3 is 2.75 bits per heavy atom. The lowest BCUT2D eigenvalue weighted by molar-refractivity contribution is 0.370. The molecule has 1 aromatic heterocycles. The lowest BCUT2D eigenvalue weighted by atomic mass is 10.1. The Balaban J connectivity index is 2.17. The van der Waals surface area contributed by atoms with Gasteiger partial charge in [-0.15, -0.1) is 0 Å². The molecule has 0 amide bonds. The van der Waals surface area contributed by atoms with Gasteiger partial charge in [0.15, 0.2) is 5.82 Å². The van der Waals surface area contributed by atoms with Crippen LogP contribution >= 0.6 is 0 Å². The second-order valence-corrected chi connectivity index (χ2v) is 3.68. The van der Waals surface area contributed by atoms with E-state index >= 15 is 0 Å². The Hall–Kier alpha value is -1.68. The van der Waals surface area contributed by atoms with E-state index in [1.165, 1.54) is 0 Å². The van der Waals surface area contributed by atoms with Gasteiger partial charge in [-0.2, -0.15) is 4.98 Å². The summed E-state index contributed by atoms with van der Waals surface area (Å²) in [4.78, 5) is 4.27. The van der Waals surface area contributed by atoms with Gasteiger partial charge in [-0.3, -0.25) is 0 Å². The molecule has 2 aromatic rings. The largest absolute Gasteiger partial charge is 0.339 e. The van der Waals surface area contributed by atoms with E-state index in [0.29, 0.717) is 11.7 Å². The molecule has 0 saturated carbocycles. The molecule has 0 aliphatic carbocycles. The van der Waals surface area contributed by atoms with Gasteiger partial charge in [-0.05, 0) is 12.0 Å². The minimum atomic E-state index is -0.310. The Bertz CT molecular complexity index is 439. The van der Waals surface area contributed by atoms with Gasteiger partial charge in [-0.1, -0.05) is 42.4 Å². The normalized spacial score (nSPS) is 12.6. The molecule has 1 aromatic carbocycles. The van der Waals surface area contributed by atoms with Gasteiger partial charge < -0.3 is 10.3 Å². The molecule has 0 spiro atoms. The molecule has 16 heavy (non-hydrogen) atoms. The molecule has 2 N–H and O–H groups in total. The first kappa shape index (κ1) is 10.8. The zero-order chi connectivity index (χ0) is 11.4. The van der Waals surface area contributed by atoms with E-state index in [1.54, 1.807) is 0 Å². The van der Waals surface area contributed by atoms with Crippen molar-refractivity contribution in [2.24, 2.45) is 5.73 Å². The predicted molar refractivity (Wildman–Crippen MR) is 60.8 cm³/mol. The van der Waals surface area contributed by atoms with Gasteiger partial charge in [0.2, 0.25) is 5.89 Å². The first-order chi connectivity index (χ1) is 7.81. The maximum absolute atomic E-state index is 6.04. The number of hydrogen-bond acceptors (Lipinski definition) is 4. The van der Waals surface area contributed by atoms with Gasteiger partial charge in [0.25, 0.3) is 0 Å². The molecule has 0 aliphatic rings. The molecule has 0 unspecified atom stereocenters. The van der Waals surface area contributed by atoms with Crippen LogP contribution in [0.3, 0.4) is 0 Å². The first-order valence-electron chi connectivity index (χ1n) is 5.44. The predicted octanol–water partition coefficient (Wildman–Crippen LogP) is 2.07. The molecule has 0 radical (unpaired) electrons. The minimum Gasteiger partial charge on any atom is -0.339 e. The monoisotopic (exact) mass is 217 g/mol. The standard InChI is InChI=1S/C12H15N3O/c1-2-6-10-14-12(15-16-10)11(13)9-7-4-3-5-8-9/h3-5,7-8,11H,2,6,13H2,1H3/t11-/m1/s1. The quantitative estimate of drug-likeness (QED) is 0.851. The van der Waals surface area contributed by atoms with Gasteiger partial charge >= 0.3 is 0 Å². The van der Waals surface area contributed by atoms with E-state index in [-0.39, 0.29) is 6.04 Å². The summed E-state index contributed by atoms with van der Waals surface area (Å²) >= 11 is 0. The molecule has 0 bridgehead atoms. The van der Waals surface area contributed by atoms with Crippen molar-refractivity contribution in [3.63, 3.8) is 0 Å². The molecule has 0 aliphatic heterocycles. The second kappa shape index (κ2) is 4.90. The summed E-state index contributed by atoms with van der Waals surface area (Å²) in [5, 5.41) is 3.90. The first-order valence-corrected chi connectivity index (χ1v) is 5.44. The van der Waals surface area contributed by atoms with Gasteiger partial charge in [0, 0.05) is 6.42 Å². The summed E-state index contributed by atoms with van der Waals surface area (Å²) in [5.74, 6) is 1.21. The van der Waals surface area contributed by atoms with E-state index < -0.39 is 0 Å². The summed E-state index contributed by atoms with van der Waals surface area (Å²) in [6.07, 6.45) is 1.79. The number of rotatable bonds is 4. The summed E-state index contributed by atoms with van der Waals surface area (Å²) in [7, 11) is 0. The molecule has 1 atom stereocenters. The maximum atomic E-state index is 6.04. The highest BCUT2D eigenvalue weighted by atomic mass is 16.5. The van der Waals surface area contributed by atoms with Crippen LogP contribution in [0.25, 0.3) is 0 Å². The van der Waals surface area contributed by atoms with Crippen molar-refractivity contribution in [3.05, 3.63) is 47.6 Å². The Morgan fingerprint density at radius 1 is 1.31 bits per heavy atom. The number of nitrogens with zero attached hydrogens (tertiary/aromatic N) is 2.